The predicted molar refractivity (Wildman–Crippen MR) is 162 cm³/mol. The maximum atomic E-state index is 13.7. The lowest BCUT2D eigenvalue weighted by Gasteiger charge is -2.22. The Labute approximate surface area is 246 Å². The van der Waals surface area contributed by atoms with E-state index in [1.54, 1.807) is 33.5 Å². The molecule has 10 heteroatoms. The molecule has 3 aromatic rings. The number of hydrogen-bond acceptors (Lipinski definition) is 7. The van der Waals surface area contributed by atoms with Crippen molar-refractivity contribution in [3.8, 4) is 28.4 Å². The van der Waals surface area contributed by atoms with Gasteiger partial charge in [0.05, 0.1) is 39.6 Å². The molecule has 2 amide bonds. The predicted octanol–water partition coefficient (Wildman–Crippen LogP) is 3.95. The zero-order valence-corrected chi connectivity index (χ0v) is 25.3. The summed E-state index contributed by atoms with van der Waals surface area (Å²) in [6.07, 6.45) is 3.08. The second-order valence-electron chi connectivity index (χ2n) is 10.8. The number of rotatable bonds is 10. The Kier molecular flexibility index (Phi) is 9.45. The number of carbonyl (C=O) groups is 2. The van der Waals surface area contributed by atoms with Crippen molar-refractivity contribution in [2.45, 2.75) is 52.2 Å². The fourth-order valence-electron chi connectivity index (χ4n) is 5.50. The zero-order chi connectivity index (χ0) is 30.6. The van der Waals surface area contributed by atoms with Crippen LogP contribution in [0.15, 0.2) is 47.4 Å². The third-order valence-corrected chi connectivity index (χ3v) is 7.67. The molecule has 2 aromatic carbocycles. The summed E-state index contributed by atoms with van der Waals surface area (Å²) in [4.78, 5) is 39.2. The van der Waals surface area contributed by atoms with E-state index < -0.39 is 12.1 Å². The molecular weight excluding hydrogens is 536 g/mol. The normalized spacial score (nSPS) is 14.6. The SMILES string of the molecule is COc1cc2c(c(OC)c1OC)-c1ccc(N[C@H](C(=O)NCc3cccn3C)C(C)C)c(=O)cc1[C@@H](NC(C)=O)CC2. The van der Waals surface area contributed by atoms with Gasteiger partial charge in [-0.3, -0.25) is 14.4 Å². The molecule has 4 rings (SSSR count). The minimum atomic E-state index is -0.655. The molecule has 3 N–H and O–H groups in total. The van der Waals surface area contributed by atoms with Crippen molar-refractivity contribution in [3.05, 3.63) is 69.6 Å². The Hall–Kier alpha value is -4.47. The van der Waals surface area contributed by atoms with Gasteiger partial charge in [0.2, 0.25) is 23.0 Å². The standard InChI is InChI=1S/C32H40N4O6/c1-18(2)29(32(39)33-17-21-9-8-14-36(21)4)35-25-13-11-22-23(16-26(25)38)24(34-19(3)37)12-10-20-15-27(40-5)30(41-6)31(42-7)28(20)22/h8-9,11,13-16,18,24,29H,10,12,17H2,1-7H3,(H,33,39)(H,34,37)(H,35,38)/t24-,29-/m0/s1. The van der Waals surface area contributed by atoms with Gasteiger partial charge in [-0.2, -0.15) is 0 Å². The molecule has 2 atom stereocenters. The summed E-state index contributed by atoms with van der Waals surface area (Å²) in [5.74, 6) is 0.922. The van der Waals surface area contributed by atoms with E-state index in [1.807, 2.05) is 55.9 Å². The van der Waals surface area contributed by atoms with Gasteiger partial charge in [0.25, 0.3) is 0 Å². The summed E-state index contributed by atoms with van der Waals surface area (Å²) in [6.45, 7) is 5.68. The monoisotopic (exact) mass is 576 g/mol. The van der Waals surface area contributed by atoms with E-state index in [9.17, 15) is 14.4 Å². The summed E-state index contributed by atoms with van der Waals surface area (Å²) in [5.41, 5.74) is 4.02. The lowest BCUT2D eigenvalue weighted by atomic mass is 9.95. The number of hydrogen-bond donors (Lipinski definition) is 3. The van der Waals surface area contributed by atoms with Gasteiger partial charge in [0.15, 0.2) is 11.5 Å². The van der Waals surface area contributed by atoms with Crippen molar-refractivity contribution in [3.63, 3.8) is 0 Å². The largest absolute Gasteiger partial charge is 0.493 e. The van der Waals surface area contributed by atoms with Gasteiger partial charge in [-0.15, -0.1) is 0 Å². The molecule has 0 unspecified atom stereocenters. The zero-order valence-electron chi connectivity index (χ0n) is 25.3. The Bertz CT molecular complexity index is 1530. The molecule has 224 valence electrons. The summed E-state index contributed by atoms with van der Waals surface area (Å²) in [6, 6.07) is 9.77. The van der Waals surface area contributed by atoms with E-state index in [4.69, 9.17) is 14.2 Å². The highest BCUT2D eigenvalue weighted by atomic mass is 16.5. The van der Waals surface area contributed by atoms with Crippen molar-refractivity contribution in [2.24, 2.45) is 13.0 Å². The van der Waals surface area contributed by atoms with Gasteiger partial charge >= 0.3 is 0 Å². The van der Waals surface area contributed by atoms with Crippen molar-refractivity contribution >= 4 is 17.5 Å². The minimum absolute atomic E-state index is 0.106. The van der Waals surface area contributed by atoms with Crippen LogP contribution in [0.3, 0.4) is 0 Å². The molecule has 0 saturated carbocycles. The number of nitrogens with zero attached hydrogens (tertiary/aromatic N) is 1. The van der Waals surface area contributed by atoms with E-state index >= 15 is 0 Å². The van der Waals surface area contributed by atoms with Crippen LogP contribution in [0.1, 0.15) is 50.1 Å². The van der Waals surface area contributed by atoms with E-state index in [1.165, 1.54) is 6.92 Å². The second kappa shape index (κ2) is 13.0. The average Bonchev–Trinajstić information content (AvgIpc) is 3.23. The van der Waals surface area contributed by atoms with Crippen molar-refractivity contribution < 1.29 is 23.8 Å². The first-order valence-electron chi connectivity index (χ1n) is 14.0. The van der Waals surface area contributed by atoms with Crippen LogP contribution in [0.4, 0.5) is 5.69 Å². The number of anilines is 1. The number of methoxy groups -OCH3 is 3. The third kappa shape index (κ3) is 6.22. The molecule has 42 heavy (non-hydrogen) atoms. The Morgan fingerprint density at radius 1 is 1.05 bits per heavy atom. The molecule has 1 heterocycles. The lowest BCUT2D eigenvalue weighted by Crippen LogP contribution is -2.43. The summed E-state index contributed by atoms with van der Waals surface area (Å²) >= 11 is 0. The number of carbonyl (C=O) groups excluding carboxylic acids is 2. The molecule has 1 aliphatic carbocycles. The first-order valence-corrected chi connectivity index (χ1v) is 14.0. The number of nitrogens with one attached hydrogen (secondary N) is 3. The van der Waals surface area contributed by atoms with Gasteiger partial charge in [0, 0.05) is 31.4 Å². The topological polar surface area (TPSA) is 120 Å². The van der Waals surface area contributed by atoms with Crippen LogP contribution < -0.4 is 35.6 Å². The quantitative estimate of drug-likeness (QED) is 0.334. The maximum absolute atomic E-state index is 13.7. The smallest absolute Gasteiger partial charge is 0.243 e. The van der Waals surface area contributed by atoms with E-state index in [0.717, 1.165) is 22.4 Å². The maximum Gasteiger partial charge on any atom is 0.243 e. The molecule has 0 spiro atoms. The number of amides is 2. The fraction of sp³-hybridized carbons (Fsp3) is 0.406. The molecule has 0 fully saturated rings. The highest BCUT2D eigenvalue weighted by molar-refractivity contribution is 5.86. The van der Waals surface area contributed by atoms with Crippen LogP contribution in [-0.2, 0) is 29.6 Å². The molecule has 0 bridgehead atoms. The highest BCUT2D eigenvalue weighted by Gasteiger charge is 2.30. The molecule has 0 saturated heterocycles. The lowest BCUT2D eigenvalue weighted by molar-refractivity contribution is -0.123. The summed E-state index contributed by atoms with van der Waals surface area (Å²) in [5, 5.41) is 9.20. The van der Waals surface area contributed by atoms with Crippen molar-refractivity contribution in [1.82, 2.24) is 15.2 Å². The molecule has 1 aliphatic rings. The highest BCUT2D eigenvalue weighted by Crippen LogP contribution is 2.50. The first-order chi connectivity index (χ1) is 20.1. The molecule has 10 nitrogen and oxygen atoms in total. The van der Waals surface area contributed by atoms with E-state index in [0.29, 0.717) is 42.2 Å². The van der Waals surface area contributed by atoms with Crippen LogP contribution in [0, 0.1) is 5.92 Å². The Balaban J connectivity index is 1.81. The number of benzene rings is 1. The molecule has 1 aromatic heterocycles. The summed E-state index contributed by atoms with van der Waals surface area (Å²) < 4.78 is 19.0. The first kappa shape index (κ1) is 30.5. The number of aromatic nitrogens is 1. The van der Waals surface area contributed by atoms with E-state index in [-0.39, 0.29) is 28.8 Å². The number of fused-ring (bicyclic) bond motifs is 3. The van der Waals surface area contributed by atoms with Crippen LogP contribution >= 0.6 is 0 Å². The van der Waals surface area contributed by atoms with Crippen LogP contribution in [0.5, 0.6) is 17.2 Å². The van der Waals surface area contributed by atoms with Crippen molar-refractivity contribution in [1.29, 1.82) is 0 Å². The van der Waals surface area contributed by atoms with Crippen molar-refractivity contribution in [2.75, 3.05) is 26.6 Å². The number of ether oxygens (including phenoxy) is 3. The van der Waals surface area contributed by atoms with Crippen LogP contribution in [0.2, 0.25) is 0 Å². The Morgan fingerprint density at radius 3 is 2.38 bits per heavy atom. The van der Waals surface area contributed by atoms with Gasteiger partial charge in [0.1, 0.15) is 6.04 Å². The average molecular weight is 577 g/mol. The van der Waals surface area contributed by atoms with Gasteiger partial charge in [-0.1, -0.05) is 19.9 Å². The fourth-order valence-corrected chi connectivity index (χ4v) is 5.50. The van der Waals surface area contributed by atoms with Gasteiger partial charge < -0.3 is 34.7 Å². The van der Waals surface area contributed by atoms with Crippen LogP contribution in [-0.4, -0.2) is 43.8 Å². The van der Waals surface area contributed by atoms with Gasteiger partial charge in [-0.05, 0) is 65.8 Å². The van der Waals surface area contributed by atoms with Crippen LogP contribution in [0.25, 0.3) is 11.1 Å². The molecule has 0 radical (unpaired) electrons. The Morgan fingerprint density at radius 2 is 1.79 bits per heavy atom. The third-order valence-electron chi connectivity index (χ3n) is 7.67. The van der Waals surface area contributed by atoms with Gasteiger partial charge in [-0.25, -0.2) is 0 Å². The summed E-state index contributed by atoms with van der Waals surface area (Å²) in [7, 11) is 6.59. The second-order valence-corrected chi connectivity index (χ2v) is 10.8. The minimum Gasteiger partial charge on any atom is -0.493 e. The molecule has 0 aliphatic heterocycles. The van der Waals surface area contributed by atoms with E-state index in [2.05, 4.69) is 16.0 Å². The number of aryl methyl sites for hydroxylation is 2. The molecular formula is C32H40N4O6.